The molecule has 0 aromatic heterocycles. The van der Waals surface area contributed by atoms with Crippen molar-refractivity contribution >= 4 is 5.91 Å². The quantitative estimate of drug-likeness (QED) is 0.909. The summed E-state index contributed by atoms with van der Waals surface area (Å²) in [6.45, 7) is 2.05. The van der Waals surface area contributed by atoms with E-state index in [1.54, 1.807) is 7.11 Å². The van der Waals surface area contributed by atoms with Crippen LogP contribution in [0, 0.1) is 0 Å². The fourth-order valence-electron chi connectivity index (χ4n) is 2.79. The van der Waals surface area contributed by atoms with Crippen LogP contribution in [-0.2, 0) is 17.9 Å². The number of rotatable bonds is 4. The summed E-state index contributed by atoms with van der Waals surface area (Å²) in [6.07, 6.45) is 0. The standard InChI is InChI=1S/C18H20N2O2/c1-22-15-8-6-13(7-9-15)10-20-18(21)17-12-19-11-14-4-2-3-5-16(14)17/h2-9,17,19H,10-12H2,1H3,(H,20,21). The number of ether oxygens (including phenoxy) is 1. The van der Waals surface area contributed by atoms with E-state index < -0.39 is 0 Å². The molecule has 2 aromatic rings. The van der Waals surface area contributed by atoms with E-state index >= 15 is 0 Å². The molecule has 114 valence electrons. The summed E-state index contributed by atoms with van der Waals surface area (Å²) >= 11 is 0. The summed E-state index contributed by atoms with van der Waals surface area (Å²) in [5.74, 6) is 0.763. The van der Waals surface area contributed by atoms with Crippen molar-refractivity contribution in [2.75, 3.05) is 13.7 Å². The minimum atomic E-state index is -0.122. The smallest absolute Gasteiger partial charge is 0.229 e. The number of fused-ring (bicyclic) bond motifs is 1. The van der Waals surface area contributed by atoms with Gasteiger partial charge in [0.05, 0.1) is 13.0 Å². The molecule has 0 fully saturated rings. The molecule has 4 heteroatoms. The molecule has 1 aliphatic heterocycles. The maximum absolute atomic E-state index is 12.5. The van der Waals surface area contributed by atoms with E-state index in [0.29, 0.717) is 13.1 Å². The fourth-order valence-corrected chi connectivity index (χ4v) is 2.79. The topological polar surface area (TPSA) is 50.4 Å². The van der Waals surface area contributed by atoms with Gasteiger partial charge in [-0.05, 0) is 28.8 Å². The first-order valence-corrected chi connectivity index (χ1v) is 7.47. The molecule has 0 saturated heterocycles. The van der Waals surface area contributed by atoms with Crippen molar-refractivity contribution in [2.24, 2.45) is 0 Å². The van der Waals surface area contributed by atoms with Crippen molar-refractivity contribution in [1.29, 1.82) is 0 Å². The number of carbonyl (C=O) groups is 1. The van der Waals surface area contributed by atoms with E-state index in [4.69, 9.17) is 4.74 Å². The molecule has 22 heavy (non-hydrogen) atoms. The lowest BCUT2D eigenvalue weighted by Crippen LogP contribution is -2.38. The van der Waals surface area contributed by atoms with Gasteiger partial charge in [-0.1, -0.05) is 36.4 Å². The van der Waals surface area contributed by atoms with Crippen LogP contribution in [-0.4, -0.2) is 19.6 Å². The van der Waals surface area contributed by atoms with Crippen LogP contribution in [0.5, 0.6) is 5.75 Å². The molecule has 1 heterocycles. The van der Waals surface area contributed by atoms with E-state index in [0.717, 1.165) is 23.4 Å². The Balaban J connectivity index is 1.65. The van der Waals surface area contributed by atoms with Crippen LogP contribution in [0.2, 0.25) is 0 Å². The predicted molar refractivity (Wildman–Crippen MR) is 85.7 cm³/mol. The second-order valence-electron chi connectivity index (χ2n) is 5.45. The van der Waals surface area contributed by atoms with Crippen LogP contribution in [0.4, 0.5) is 0 Å². The molecule has 2 N–H and O–H groups in total. The molecule has 2 aromatic carbocycles. The zero-order valence-corrected chi connectivity index (χ0v) is 12.6. The molecule has 4 nitrogen and oxygen atoms in total. The average molecular weight is 296 g/mol. The van der Waals surface area contributed by atoms with E-state index in [2.05, 4.69) is 16.7 Å². The molecule has 0 aliphatic carbocycles. The van der Waals surface area contributed by atoms with E-state index in [-0.39, 0.29) is 11.8 Å². The minimum absolute atomic E-state index is 0.0652. The summed E-state index contributed by atoms with van der Waals surface area (Å²) in [5.41, 5.74) is 3.40. The van der Waals surface area contributed by atoms with Gasteiger partial charge in [-0.2, -0.15) is 0 Å². The second kappa shape index (κ2) is 6.62. The van der Waals surface area contributed by atoms with Gasteiger partial charge in [0.2, 0.25) is 5.91 Å². The summed E-state index contributed by atoms with van der Waals surface area (Å²) in [6, 6.07) is 15.9. The SMILES string of the molecule is COc1ccc(CNC(=O)C2CNCc3ccccc32)cc1. The monoisotopic (exact) mass is 296 g/mol. The Morgan fingerprint density at radius 1 is 1.23 bits per heavy atom. The summed E-state index contributed by atoms with van der Waals surface area (Å²) in [5, 5.41) is 6.34. The van der Waals surface area contributed by atoms with Crippen LogP contribution >= 0.6 is 0 Å². The molecule has 0 saturated carbocycles. The van der Waals surface area contributed by atoms with Gasteiger partial charge in [0, 0.05) is 19.6 Å². The Morgan fingerprint density at radius 2 is 2.00 bits per heavy atom. The number of hydrogen-bond donors (Lipinski definition) is 2. The van der Waals surface area contributed by atoms with Gasteiger partial charge in [0.1, 0.15) is 5.75 Å². The van der Waals surface area contributed by atoms with Crippen molar-refractivity contribution < 1.29 is 9.53 Å². The number of hydrogen-bond acceptors (Lipinski definition) is 3. The Bertz CT molecular complexity index is 652. The summed E-state index contributed by atoms with van der Waals surface area (Å²) < 4.78 is 5.13. The zero-order valence-electron chi connectivity index (χ0n) is 12.6. The highest BCUT2D eigenvalue weighted by atomic mass is 16.5. The van der Waals surface area contributed by atoms with Crippen molar-refractivity contribution in [2.45, 2.75) is 19.0 Å². The molecule has 0 spiro atoms. The first-order valence-electron chi connectivity index (χ1n) is 7.47. The maximum Gasteiger partial charge on any atom is 0.229 e. The maximum atomic E-state index is 12.5. The summed E-state index contributed by atoms with van der Waals surface area (Å²) in [7, 11) is 1.64. The zero-order chi connectivity index (χ0) is 15.4. The van der Waals surface area contributed by atoms with Crippen molar-refractivity contribution in [3.05, 3.63) is 65.2 Å². The highest BCUT2D eigenvalue weighted by Crippen LogP contribution is 2.24. The lowest BCUT2D eigenvalue weighted by Gasteiger charge is -2.25. The van der Waals surface area contributed by atoms with Crippen LogP contribution in [0.1, 0.15) is 22.6 Å². The number of nitrogens with one attached hydrogen (secondary N) is 2. The van der Waals surface area contributed by atoms with Gasteiger partial charge in [-0.3, -0.25) is 4.79 Å². The molecule has 1 unspecified atom stereocenters. The molecule has 0 bridgehead atoms. The molecule has 1 amide bonds. The largest absolute Gasteiger partial charge is 0.497 e. The molecule has 0 radical (unpaired) electrons. The average Bonchev–Trinajstić information content (AvgIpc) is 2.59. The van der Waals surface area contributed by atoms with Gasteiger partial charge in [0.25, 0.3) is 0 Å². The third-order valence-corrected chi connectivity index (χ3v) is 4.04. The van der Waals surface area contributed by atoms with Gasteiger partial charge in [0.15, 0.2) is 0 Å². The number of amides is 1. The molecule has 1 atom stereocenters. The molecular weight excluding hydrogens is 276 g/mol. The lowest BCUT2D eigenvalue weighted by atomic mass is 9.90. The Kier molecular flexibility index (Phi) is 4.39. The molecule has 3 rings (SSSR count). The van der Waals surface area contributed by atoms with Gasteiger partial charge < -0.3 is 15.4 Å². The predicted octanol–water partition coefficient (Wildman–Crippen LogP) is 2.20. The number of benzene rings is 2. The third-order valence-electron chi connectivity index (χ3n) is 4.04. The van der Waals surface area contributed by atoms with Gasteiger partial charge >= 0.3 is 0 Å². The first kappa shape index (κ1) is 14.6. The van der Waals surface area contributed by atoms with Crippen LogP contribution in [0.25, 0.3) is 0 Å². The van der Waals surface area contributed by atoms with E-state index in [9.17, 15) is 4.79 Å². The van der Waals surface area contributed by atoms with E-state index in [1.165, 1.54) is 5.56 Å². The Hall–Kier alpha value is -2.33. The van der Waals surface area contributed by atoms with Crippen molar-refractivity contribution in [1.82, 2.24) is 10.6 Å². The highest BCUT2D eigenvalue weighted by molar-refractivity contribution is 5.84. The Morgan fingerprint density at radius 3 is 2.77 bits per heavy atom. The fraction of sp³-hybridized carbons (Fsp3) is 0.278. The summed E-state index contributed by atoms with van der Waals surface area (Å²) in [4.78, 5) is 12.5. The lowest BCUT2D eigenvalue weighted by molar-refractivity contribution is -0.122. The van der Waals surface area contributed by atoms with Crippen molar-refractivity contribution in [3.8, 4) is 5.75 Å². The van der Waals surface area contributed by atoms with E-state index in [1.807, 2.05) is 42.5 Å². The van der Waals surface area contributed by atoms with Gasteiger partial charge in [-0.15, -0.1) is 0 Å². The van der Waals surface area contributed by atoms with Crippen molar-refractivity contribution in [3.63, 3.8) is 0 Å². The second-order valence-corrected chi connectivity index (χ2v) is 5.45. The number of methoxy groups -OCH3 is 1. The minimum Gasteiger partial charge on any atom is -0.497 e. The normalized spacial score (nSPS) is 16.7. The molecule has 1 aliphatic rings. The van der Waals surface area contributed by atoms with Crippen LogP contribution < -0.4 is 15.4 Å². The van der Waals surface area contributed by atoms with Crippen LogP contribution in [0.3, 0.4) is 0 Å². The van der Waals surface area contributed by atoms with Gasteiger partial charge in [-0.25, -0.2) is 0 Å². The Labute approximate surface area is 130 Å². The highest BCUT2D eigenvalue weighted by Gasteiger charge is 2.25. The molecular formula is C18H20N2O2. The number of carbonyl (C=O) groups excluding carboxylic acids is 1. The van der Waals surface area contributed by atoms with Crippen LogP contribution in [0.15, 0.2) is 48.5 Å². The third kappa shape index (κ3) is 3.12. The first-order chi connectivity index (χ1) is 10.8.